The first-order chi connectivity index (χ1) is 10.3. The van der Waals surface area contributed by atoms with Crippen molar-refractivity contribution < 1.29 is 0 Å². The molecule has 0 radical (unpaired) electrons. The quantitative estimate of drug-likeness (QED) is 0.926. The SMILES string of the molecule is Cc1cnccc1C(c1ccccc1Br)N1CCNCC1. The fraction of sp³-hybridized carbons (Fsp3) is 0.353. The lowest BCUT2D eigenvalue weighted by Gasteiger charge is -2.36. The summed E-state index contributed by atoms with van der Waals surface area (Å²) in [6.07, 6.45) is 3.86. The minimum atomic E-state index is 0.283. The Morgan fingerprint density at radius 3 is 2.62 bits per heavy atom. The first-order valence-electron chi connectivity index (χ1n) is 7.37. The molecule has 1 atom stereocenters. The molecule has 1 unspecified atom stereocenters. The van der Waals surface area contributed by atoms with Crippen LogP contribution in [0.1, 0.15) is 22.7 Å². The van der Waals surface area contributed by atoms with Crippen molar-refractivity contribution in [3.63, 3.8) is 0 Å². The maximum absolute atomic E-state index is 4.25. The lowest BCUT2D eigenvalue weighted by atomic mass is 9.94. The molecule has 3 rings (SSSR count). The zero-order valence-corrected chi connectivity index (χ0v) is 13.8. The fourth-order valence-electron chi connectivity index (χ4n) is 2.99. The van der Waals surface area contributed by atoms with Gasteiger partial charge in [-0.05, 0) is 35.7 Å². The molecule has 0 bridgehead atoms. The summed E-state index contributed by atoms with van der Waals surface area (Å²) in [6, 6.07) is 11.0. The molecule has 1 N–H and O–H groups in total. The van der Waals surface area contributed by atoms with Crippen molar-refractivity contribution in [2.24, 2.45) is 0 Å². The summed E-state index contributed by atoms with van der Waals surface area (Å²) in [5.74, 6) is 0. The van der Waals surface area contributed by atoms with Gasteiger partial charge in [-0.3, -0.25) is 9.88 Å². The van der Waals surface area contributed by atoms with Gasteiger partial charge in [0, 0.05) is 43.0 Å². The van der Waals surface area contributed by atoms with Crippen LogP contribution in [0.25, 0.3) is 0 Å². The van der Waals surface area contributed by atoms with Crippen molar-refractivity contribution in [3.05, 3.63) is 63.9 Å². The van der Waals surface area contributed by atoms with Gasteiger partial charge >= 0.3 is 0 Å². The van der Waals surface area contributed by atoms with Crippen LogP contribution in [0.15, 0.2) is 47.2 Å². The summed E-state index contributed by atoms with van der Waals surface area (Å²) in [4.78, 5) is 6.80. The summed E-state index contributed by atoms with van der Waals surface area (Å²) in [5.41, 5.74) is 3.92. The van der Waals surface area contributed by atoms with E-state index >= 15 is 0 Å². The highest BCUT2D eigenvalue weighted by Crippen LogP contribution is 2.34. The van der Waals surface area contributed by atoms with E-state index in [1.54, 1.807) is 0 Å². The molecule has 0 aliphatic carbocycles. The van der Waals surface area contributed by atoms with Crippen LogP contribution in [-0.2, 0) is 0 Å². The Morgan fingerprint density at radius 2 is 1.90 bits per heavy atom. The van der Waals surface area contributed by atoms with Crippen LogP contribution in [0.2, 0.25) is 0 Å². The molecule has 1 aromatic heterocycles. The number of halogens is 1. The van der Waals surface area contributed by atoms with Crippen molar-refractivity contribution in [2.45, 2.75) is 13.0 Å². The van der Waals surface area contributed by atoms with Crippen molar-refractivity contribution in [2.75, 3.05) is 26.2 Å². The van der Waals surface area contributed by atoms with Crippen LogP contribution in [0.4, 0.5) is 0 Å². The van der Waals surface area contributed by atoms with Gasteiger partial charge in [0.25, 0.3) is 0 Å². The van der Waals surface area contributed by atoms with Gasteiger partial charge in [0.2, 0.25) is 0 Å². The van der Waals surface area contributed by atoms with Gasteiger partial charge in [0.1, 0.15) is 0 Å². The molecule has 0 amide bonds. The normalized spacial score (nSPS) is 17.6. The van der Waals surface area contributed by atoms with Crippen LogP contribution in [0, 0.1) is 6.92 Å². The third kappa shape index (κ3) is 3.18. The first-order valence-corrected chi connectivity index (χ1v) is 8.16. The molecule has 21 heavy (non-hydrogen) atoms. The standard InChI is InChI=1S/C17H20BrN3/c1-13-12-20-7-6-14(13)17(21-10-8-19-9-11-21)15-4-2-3-5-16(15)18/h2-7,12,17,19H,8-11H2,1H3. The molecule has 1 aliphatic rings. The van der Waals surface area contributed by atoms with Crippen LogP contribution in [-0.4, -0.2) is 36.1 Å². The number of pyridine rings is 1. The molecule has 0 saturated carbocycles. The number of aryl methyl sites for hydroxylation is 1. The first kappa shape index (κ1) is 14.7. The summed E-state index contributed by atoms with van der Waals surface area (Å²) < 4.78 is 1.17. The van der Waals surface area contributed by atoms with E-state index in [9.17, 15) is 0 Å². The predicted octanol–water partition coefficient (Wildman–Crippen LogP) is 3.15. The Labute approximate surface area is 134 Å². The predicted molar refractivity (Wildman–Crippen MR) is 89.4 cm³/mol. The smallest absolute Gasteiger partial charge is 0.0617 e. The Balaban J connectivity index is 2.07. The molecule has 2 aromatic rings. The summed E-state index contributed by atoms with van der Waals surface area (Å²) in [5, 5.41) is 3.44. The number of hydrogen-bond acceptors (Lipinski definition) is 3. The molecule has 2 heterocycles. The average Bonchev–Trinajstić information content (AvgIpc) is 2.52. The zero-order chi connectivity index (χ0) is 14.7. The number of nitrogens with zero attached hydrogens (tertiary/aromatic N) is 2. The third-order valence-corrected chi connectivity index (χ3v) is 4.80. The Bertz CT molecular complexity index is 563. The highest BCUT2D eigenvalue weighted by Gasteiger charge is 2.26. The molecule has 1 fully saturated rings. The van der Waals surface area contributed by atoms with E-state index in [1.807, 2.05) is 12.4 Å². The van der Waals surface area contributed by atoms with Crippen molar-refractivity contribution in [1.82, 2.24) is 15.2 Å². The molecule has 110 valence electrons. The summed E-state index contributed by atoms with van der Waals surface area (Å²) in [7, 11) is 0. The Morgan fingerprint density at radius 1 is 1.14 bits per heavy atom. The topological polar surface area (TPSA) is 28.2 Å². The van der Waals surface area contributed by atoms with Crippen LogP contribution in [0.5, 0.6) is 0 Å². The monoisotopic (exact) mass is 345 g/mol. The van der Waals surface area contributed by atoms with E-state index in [1.165, 1.54) is 21.2 Å². The van der Waals surface area contributed by atoms with Gasteiger partial charge < -0.3 is 5.32 Å². The van der Waals surface area contributed by atoms with Gasteiger partial charge in [-0.2, -0.15) is 0 Å². The van der Waals surface area contributed by atoms with Gasteiger partial charge in [-0.1, -0.05) is 34.1 Å². The molecule has 3 nitrogen and oxygen atoms in total. The molecule has 1 aliphatic heterocycles. The number of piperazine rings is 1. The second kappa shape index (κ2) is 6.69. The third-order valence-electron chi connectivity index (χ3n) is 4.07. The number of nitrogens with one attached hydrogen (secondary N) is 1. The Kier molecular flexibility index (Phi) is 4.68. The average molecular weight is 346 g/mol. The molecular formula is C17H20BrN3. The minimum Gasteiger partial charge on any atom is -0.314 e. The van der Waals surface area contributed by atoms with E-state index in [0.29, 0.717) is 0 Å². The van der Waals surface area contributed by atoms with Gasteiger partial charge in [0.05, 0.1) is 6.04 Å². The highest BCUT2D eigenvalue weighted by molar-refractivity contribution is 9.10. The lowest BCUT2D eigenvalue weighted by Crippen LogP contribution is -2.45. The number of hydrogen-bond donors (Lipinski definition) is 1. The van der Waals surface area contributed by atoms with E-state index in [2.05, 4.69) is 68.4 Å². The van der Waals surface area contributed by atoms with Crippen molar-refractivity contribution in [1.29, 1.82) is 0 Å². The van der Waals surface area contributed by atoms with E-state index in [-0.39, 0.29) is 6.04 Å². The second-order valence-corrected chi connectivity index (χ2v) is 6.30. The van der Waals surface area contributed by atoms with E-state index < -0.39 is 0 Å². The lowest BCUT2D eigenvalue weighted by molar-refractivity contribution is 0.197. The molecule has 4 heteroatoms. The maximum Gasteiger partial charge on any atom is 0.0617 e. The zero-order valence-electron chi connectivity index (χ0n) is 12.2. The van der Waals surface area contributed by atoms with Crippen LogP contribution in [0.3, 0.4) is 0 Å². The molecule has 1 aromatic carbocycles. The van der Waals surface area contributed by atoms with Crippen LogP contribution < -0.4 is 5.32 Å². The second-order valence-electron chi connectivity index (χ2n) is 5.44. The minimum absolute atomic E-state index is 0.283. The fourth-order valence-corrected chi connectivity index (χ4v) is 3.49. The number of aromatic nitrogens is 1. The van der Waals surface area contributed by atoms with E-state index in [4.69, 9.17) is 0 Å². The largest absolute Gasteiger partial charge is 0.314 e. The number of benzene rings is 1. The van der Waals surface area contributed by atoms with Crippen molar-refractivity contribution in [3.8, 4) is 0 Å². The Hall–Kier alpha value is -1.23. The molecular weight excluding hydrogens is 326 g/mol. The van der Waals surface area contributed by atoms with Crippen LogP contribution >= 0.6 is 15.9 Å². The van der Waals surface area contributed by atoms with E-state index in [0.717, 1.165) is 26.2 Å². The number of rotatable bonds is 3. The van der Waals surface area contributed by atoms with Gasteiger partial charge in [0.15, 0.2) is 0 Å². The highest BCUT2D eigenvalue weighted by atomic mass is 79.9. The summed E-state index contributed by atoms with van der Waals surface area (Å²) >= 11 is 3.73. The molecule has 1 saturated heterocycles. The van der Waals surface area contributed by atoms with Gasteiger partial charge in [-0.25, -0.2) is 0 Å². The van der Waals surface area contributed by atoms with Crippen molar-refractivity contribution >= 4 is 15.9 Å². The maximum atomic E-state index is 4.25. The summed E-state index contributed by atoms with van der Waals surface area (Å²) in [6.45, 7) is 6.37. The molecule has 0 spiro atoms. The van der Waals surface area contributed by atoms with Gasteiger partial charge in [-0.15, -0.1) is 0 Å².